The summed E-state index contributed by atoms with van der Waals surface area (Å²) in [6.07, 6.45) is 2.96. The minimum Gasteiger partial charge on any atom is -0.340 e. The lowest BCUT2D eigenvalue weighted by Gasteiger charge is -2.16. The van der Waals surface area contributed by atoms with Gasteiger partial charge < -0.3 is 9.84 Å². The molecular formula is C13H16FN3O. The molecule has 0 aliphatic rings. The van der Waals surface area contributed by atoms with Crippen LogP contribution in [0.2, 0.25) is 0 Å². The van der Waals surface area contributed by atoms with Gasteiger partial charge in [-0.2, -0.15) is 4.98 Å². The molecule has 4 nitrogen and oxygen atoms in total. The molecule has 2 rings (SSSR count). The van der Waals surface area contributed by atoms with Gasteiger partial charge in [0, 0.05) is 19.0 Å². The topological polar surface area (TPSA) is 51.0 Å². The maximum Gasteiger partial charge on any atom is 0.227 e. The Labute approximate surface area is 105 Å². The fraction of sp³-hybridized carbons (Fsp3) is 0.385. The first-order valence-electron chi connectivity index (χ1n) is 6.04. The first-order chi connectivity index (χ1) is 8.79. The molecule has 1 unspecified atom stereocenters. The Hall–Kier alpha value is -1.75. The largest absolute Gasteiger partial charge is 0.340 e. The van der Waals surface area contributed by atoms with Gasteiger partial charge in [0.25, 0.3) is 0 Å². The minimum atomic E-state index is -0.204. The average molecular weight is 249 g/mol. The maximum atomic E-state index is 13.1. The fourth-order valence-electron chi connectivity index (χ4n) is 1.88. The van der Waals surface area contributed by atoms with Crippen LogP contribution in [0.5, 0.6) is 0 Å². The lowest BCUT2D eigenvalue weighted by atomic mass is 10.0. The standard InChI is InChI=1S/C13H16FN3O/c1-2-12(10-4-3-5-11(14)8-10)15-7-6-13-16-9-17-18-13/h3-5,8-9,12,15H,2,6-7H2,1H3. The zero-order valence-electron chi connectivity index (χ0n) is 10.3. The Morgan fingerprint density at radius 1 is 1.44 bits per heavy atom. The van der Waals surface area contributed by atoms with Crippen LogP contribution in [0.1, 0.15) is 30.8 Å². The zero-order valence-corrected chi connectivity index (χ0v) is 10.3. The molecule has 0 fully saturated rings. The quantitative estimate of drug-likeness (QED) is 0.854. The highest BCUT2D eigenvalue weighted by Gasteiger charge is 2.09. The Bertz CT molecular complexity index is 473. The van der Waals surface area contributed by atoms with Crippen LogP contribution in [0.25, 0.3) is 0 Å². The molecule has 1 aromatic carbocycles. The number of rotatable bonds is 6. The molecule has 0 bridgehead atoms. The molecule has 0 saturated carbocycles. The smallest absolute Gasteiger partial charge is 0.227 e. The maximum absolute atomic E-state index is 13.1. The van der Waals surface area contributed by atoms with Gasteiger partial charge >= 0.3 is 0 Å². The molecule has 1 heterocycles. The van der Waals surface area contributed by atoms with E-state index in [4.69, 9.17) is 4.52 Å². The number of hydrogen-bond donors (Lipinski definition) is 1. The molecule has 0 aliphatic carbocycles. The molecule has 0 spiro atoms. The van der Waals surface area contributed by atoms with Gasteiger partial charge in [0.05, 0.1) is 0 Å². The highest BCUT2D eigenvalue weighted by Crippen LogP contribution is 2.17. The second-order valence-electron chi connectivity index (χ2n) is 4.05. The highest BCUT2D eigenvalue weighted by molar-refractivity contribution is 5.20. The van der Waals surface area contributed by atoms with E-state index in [1.54, 1.807) is 12.1 Å². The van der Waals surface area contributed by atoms with Crippen molar-refractivity contribution < 1.29 is 8.91 Å². The second kappa shape index (κ2) is 6.26. The molecule has 0 aliphatic heterocycles. The van der Waals surface area contributed by atoms with Crippen molar-refractivity contribution in [2.24, 2.45) is 0 Å². The Morgan fingerprint density at radius 3 is 3.00 bits per heavy atom. The predicted octanol–water partition coefficient (Wildman–Crippen LogP) is 2.49. The van der Waals surface area contributed by atoms with E-state index in [0.29, 0.717) is 12.3 Å². The van der Waals surface area contributed by atoms with Crippen LogP contribution >= 0.6 is 0 Å². The van der Waals surface area contributed by atoms with Crippen molar-refractivity contribution in [1.82, 2.24) is 15.5 Å². The molecule has 1 aromatic heterocycles. The Kier molecular flexibility index (Phi) is 4.41. The summed E-state index contributed by atoms with van der Waals surface area (Å²) in [5.41, 5.74) is 0.961. The lowest BCUT2D eigenvalue weighted by molar-refractivity contribution is 0.371. The van der Waals surface area contributed by atoms with Gasteiger partial charge in [0.2, 0.25) is 5.89 Å². The van der Waals surface area contributed by atoms with E-state index in [1.165, 1.54) is 12.4 Å². The van der Waals surface area contributed by atoms with Crippen molar-refractivity contribution in [1.29, 1.82) is 0 Å². The molecule has 0 saturated heterocycles. The van der Waals surface area contributed by atoms with E-state index in [2.05, 4.69) is 22.4 Å². The van der Waals surface area contributed by atoms with E-state index in [-0.39, 0.29) is 11.9 Å². The van der Waals surface area contributed by atoms with Crippen molar-refractivity contribution in [3.8, 4) is 0 Å². The summed E-state index contributed by atoms with van der Waals surface area (Å²) >= 11 is 0. The van der Waals surface area contributed by atoms with Crippen molar-refractivity contribution in [2.45, 2.75) is 25.8 Å². The van der Waals surface area contributed by atoms with E-state index in [1.807, 2.05) is 6.07 Å². The number of nitrogens with one attached hydrogen (secondary N) is 1. The van der Waals surface area contributed by atoms with Crippen molar-refractivity contribution in [3.05, 3.63) is 47.9 Å². The highest BCUT2D eigenvalue weighted by atomic mass is 19.1. The second-order valence-corrected chi connectivity index (χ2v) is 4.05. The molecule has 5 heteroatoms. The van der Waals surface area contributed by atoms with E-state index in [9.17, 15) is 4.39 Å². The third-order valence-corrected chi connectivity index (χ3v) is 2.80. The van der Waals surface area contributed by atoms with Gasteiger partial charge in [0.15, 0.2) is 6.33 Å². The SMILES string of the molecule is CCC(NCCc1ncno1)c1cccc(F)c1. The number of aromatic nitrogens is 2. The third-order valence-electron chi connectivity index (χ3n) is 2.80. The fourth-order valence-corrected chi connectivity index (χ4v) is 1.88. The summed E-state index contributed by atoms with van der Waals surface area (Å²) in [5.74, 6) is 0.404. The van der Waals surface area contributed by atoms with Crippen molar-refractivity contribution in [3.63, 3.8) is 0 Å². The average Bonchev–Trinajstić information content (AvgIpc) is 2.88. The van der Waals surface area contributed by atoms with E-state index < -0.39 is 0 Å². The summed E-state index contributed by atoms with van der Waals surface area (Å²) in [7, 11) is 0. The summed E-state index contributed by atoms with van der Waals surface area (Å²) in [5, 5.41) is 6.90. The summed E-state index contributed by atoms with van der Waals surface area (Å²) in [4.78, 5) is 3.95. The lowest BCUT2D eigenvalue weighted by Crippen LogP contribution is -2.23. The molecule has 96 valence electrons. The normalized spacial score (nSPS) is 12.6. The van der Waals surface area contributed by atoms with Crippen LogP contribution in [0.15, 0.2) is 35.1 Å². The van der Waals surface area contributed by atoms with Crippen LogP contribution < -0.4 is 5.32 Å². The molecular weight excluding hydrogens is 233 g/mol. The van der Waals surface area contributed by atoms with Gasteiger partial charge in [-0.15, -0.1) is 0 Å². The predicted molar refractivity (Wildman–Crippen MR) is 65.4 cm³/mol. The van der Waals surface area contributed by atoms with E-state index in [0.717, 1.165) is 18.5 Å². The van der Waals surface area contributed by atoms with Gasteiger partial charge in [-0.3, -0.25) is 0 Å². The molecule has 0 radical (unpaired) electrons. The molecule has 0 amide bonds. The number of nitrogens with zero attached hydrogens (tertiary/aromatic N) is 2. The summed E-state index contributed by atoms with van der Waals surface area (Å²) in [6, 6.07) is 6.82. The van der Waals surface area contributed by atoms with Crippen LogP contribution in [-0.2, 0) is 6.42 Å². The van der Waals surface area contributed by atoms with Gasteiger partial charge in [-0.25, -0.2) is 4.39 Å². The Balaban J connectivity index is 1.89. The van der Waals surface area contributed by atoms with Crippen molar-refractivity contribution in [2.75, 3.05) is 6.54 Å². The van der Waals surface area contributed by atoms with Gasteiger partial charge in [-0.05, 0) is 24.1 Å². The van der Waals surface area contributed by atoms with Crippen LogP contribution in [-0.4, -0.2) is 16.7 Å². The first kappa shape index (κ1) is 12.7. The van der Waals surface area contributed by atoms with Crippen LogP contribution in [0.4, 0.5) is 4.39 Å². The number of hydrogen-bond acceptors (Lipinski definition) is 4. The van der Waals surface area contributed by atoms with Crippen LogP contribution in [0.3, 0.4) is 0 Å². The molecule has 18 heavy (non-hydrogen) atoms. The number of benzene rings is 1. The number of halogens is 1. The third kappa shape index (κ3) is 3.37. The molecule has 2 aromatic rings. The first-order valence-corrected chi connectivity index (χ1v) is 6.04. The molecule has 1 N–H and O–H groups in total. The van der Waals surface area contributed by atoms with E-state index >= 15 is 0 Å². The monoisotopic (exact) mass is 249 g/mol. The summed E-state index contributed by atoms with van der Waals surface area (Å²) in [6.45, 7) is 2.78. The van der Waals surface area contributed by atoms with Gasteiger partial charge in [0.1, 0.15) is 5.82 Å². The summed E-state index contributed by atoms with van der Waals surface area (Å²) < 4.78 is 18.1. The molecule has 1 atom stereocenters. The van der Waals surface area contributed by atoms with Crippen LogP contribution in [0, 0.1) is 5.82 Å². The van der Waals surface area contributed by atoms with Crippen molar-refractivity contribution >= 4 is 0 Å². The zero-order chi connectivity index (χ0) is 12.8. The van der Waals surface area contributed by atoms with Gasteiger partial charge in [-0.1, -0.05) is 24.2 Å². The Morgan fingerprint density at radius 2 is 2.33 bits per heavy atom. The minimum absolute atomic E-state index is 0.142.